The van der Waals surface area contributed by atoms with Gasteiger partial charge in [0.1, 0.15) is 6.54 Å². The Hall–Kier alpha value is -1.18. The molecule has 0 aliphatic heterocycles. The fourth-order valence-corrected chi connectivity index (χ4v) is 9.04. The molecule has 11 atom stereocenters. The zero-order valence-electron chi connectivity index (χ0n) is 20.4. The molecule has 188 valence electrons. The molecule has 4 fully saturated rings. The van der Waals surface area contributed by atoms with Crippen molar-refractivity contribution in [3.8, 4) is 0 Å². The van der Waals surface area contributed by atoms with E-state index in [4.69, 9.17) is 5.11 Å². The molecule has 1 unspecified atom stereocenters. The molecule has 0 aromatic heterocycles. The summed E-state index contributed by atoms with van der Waals surface area (Å²) in [7, 11) is 0. The van der Waals surface area contributed by atoms with Crippen LogP contribution in [0.5, 0.6) is 0 Å². The molecule has 1 amide bonds. The summed E-state index contributed by atoms with van der Waals surface area (Å²) < 4.78 is 0. The number of aliphatic carboxylic acids is 1. The highest BCUT2D eigenvalue weighted by Crippen LogP contribution is 2.68. The average molecular weight is 466 g/mol. The van der Waals surface area contributed by atoms with Crippen LogP contribution < -0.4 is 5.32 Å². The summed E-state index contributed by atoms with van der Waals surface area (Å²) in [5.74, 6) is 0.340. The predicted octanol–water partition coefficient (Wildman–Crippen LogP) is 2.56. The number of amides is 1. The monoisotopic (exact) mass is 465 g/mol. The quantitative estimate of drug-likeness (QED) is 0.410. The number of carbonyl (C=O) groups excluding carboxylic acids is 1. The number of aliphatic hydroxyl groups is 3. The molecule has 4 aliphatic carbocycles. The minimum absolute atomic E-state index is 0.0319. The highest BCUT2D eigenvalue weighted by Gasteiger charge is 2.65. The van der Waals surface area contributed by atoms with Crippen molar-refractivity contribution in [2.45, 2.75) is 96.9 Å². The second kappa shape index (κ2) is 9.12. The van der Waals surface area contributed by atoms with E-state index >= 15 is 0 Å². The van der Waals surface area contributed by atoms with Crippen molar-refractivity contribution in [2.24, 2.45) is 46.3 Å². The number of carboxylic acids is 1. The lowest BCUT2D eigenvalue weighted by Crippen LogP contribution is -2.64. The number of carbonyl (C=O) groups is 2. The molecule has 7 heteroatoms. The van der Waals surface area contributed by atoms with E-state index in [0.29, 0.717) is 36.5 Å². The molecule has 0 aromatic carbocycles. The third-order valence-electron chi connectivity index (χ3n) is 10.7. The zero-order chi connectivity index (χ0) is 24.1. The SMILES string of the molecule is C[C@H](CCC(=O)NCC(=O)O)[C@H]1CC[C@H]2[C@@H]3[C@H](O)[C@H](O)C4C[C@H](O)CC[C@]4(C)[C@H]3CC[C@]12C. The van der Waals surface area contributed by atoms with Gasteiger partial charge in [-0.25, -0.2) is 0 Å². The van der Waals surface area contributed by atoms with Gasteiger partial charge in [-0.1, -0.05) is 20.8 Å². The standard InChI is InChI=1S/C26H43NO6/c1-14(4-7-20(29)27-13-21(30)31)16-5-6-17-22-18(9-11-25(16,17)2)26(3)10-8-15(28)12-19(26)23(32)24(22)33/h14-19,22-24,28,32-33H,4-13H2,1-3H3,(H,27,29)(H,30,31)/t14-,15-,16-,17+,18+,19?,22+,23-,24+,25-,26-/m1/s1. The van der Waals surface area contributed by atoms with E-state index in [9.17, 15) is 24.9 Å². The molecule has 0 saturated heterocycles. The van der Waals surface area contributed by atoms with Crippen molar-refractivity contribution in [2.75, 3.05) is 6.54 Å². The molecule has 7 nitrogen and oxygen atoms in total. The lowest BCUT2D eigenvalue weighted by atomic mass is 9.43. The molecule has 0 spiro atoms. The number of hydrogen-bond donors (Lipinski definition) is 5. The van der Waals surface area contributed by atoms with E-state index in [-0.39, 0.29) is 41.2 Å². The van der Waals surface area contributed by atoms with Gasteiger partial charge in [-0.15, -0.1) is 0 Å². The summed E-state index contributed by atoms with van der Waals surface area (Å²) in [4.78, 5) is 22.7. The largest absolute Gasteiger partial charge is 0.480 e. The van der Waals surface area contributed by atoms with Crippen molar-refractivity contribution in [1.82, 2.24) is 5.32 Å². The van der Waals surface area contributed by atoms with Crippen LogP contribution in [0.3, 0.4) is 0 Å². The van der Waals surface area contributed by atoms with Crippen LogP contribution in [0.4, 0.5) is 0 Å². The van der Waals surface area contributed by atoms with Crippen molar-refractivity contribution in [1.29, 1.82) is 0 Å². The molecule has 0 radical (unpaired) electrons. The normalized spacial score (nSPS) is 47.7. The summed E-state index contributed by atoms with van der Waals surface area (Å²) in [6, 6.07) is 0. The predicted molar refractivity (Wildman–Crippen MR) is 123 cm³/mol. The minimum atomic E-state index is -1.03. The van der Waals surface area contributed by atoms with Gasteiger partial charge >= 0.3 is 5.97 Å². The third kappa shape index (κ3) is 4.23. The van der Waals surface area contributed by atoms with Gasteiger partial charge in [0.05, 0.1) is 18.3 Å². The number of aliphatic hydroxyl groups excluding tert-OH is 3. The zero-order valence-corrected chi connectivity index (χ0v) is 20.4. The van der Waals surface area contributed by atoms with E-state index in [2.05, 4.69) is 26.1 Å². The maximum Gasteiger partial charge on any atom is 0.322 e. The number of rotatable bonds is 6. The highest BCUT2D eigenvalue weighted by molar-refractivity contribution is 5.81. The van der Waals surface area contributed by atoms with Gasteiger partial charge in [0, 0.05) is 6.42 Å². The smallest absolute Gasteiger partial charge is 0.322 e. The van der Waals surface area contributed by atoms with Gasteiger partial charge in [0.15, 0.2) is 0 Å². The van der Waals surface area contributed by atoms with Crippen LogP contribution in [-0.2, 0) is 9.59 Å². The summed E-state index contributed by atoms with van der Waals surface area (Å²) in [6.45, 7) is 6.53. The van der Waals surface area contributed by atoms with Gasteiger partial charge in [0.25, 0.3) is 0 Å². The fourth-order valence-electron chi connectivity index (χ4n) is 9.04. The van der Waals surface area contributed by atoms with Crippen LogP contribution in [0.2, 0.25) is 0 Å². The summed E-state index contributed by atoms with van der Waals surface area (Å²) >= 11 is 0. The summed E-state index contributed by atoms with van der Waals surface area (Å²) in [6.07, 6.45) is 5.74. The first kappa shape index (κ1) is 24.9. The molecule has 4 saturated carbocycles. The van der Waals surface area contributed by atoms with E-state index in [0.717, 1.165) is 44.9 Å². The Bertz CT molecular complexity index is 759. The molecule has 0 aromatic rings. The Morgan fingerprint density at radius 2 is 1.61 bits per heavy atom. The Morgan fingerprint density at radius 1 is 0.939 bits per heavy atom. The van der Waals surface area contributed by atoms with Gasteiger partial charge < -0.3 is 25.7 Å². The number of carboxylic acid groups (broad SMARTS) is 1. The van der Waals surface area contributed by atoms with E-state index < -0.39 is 18.2 Å². The Labute approximate surface area is 197 Å². The molecular weight excluding hydrogens is 422 g/mol. The van der Waals surface area contributed by atoms with Crippen molar-refractivity contribution in [3.05, 3.63) is 0 Å². The minimum Gasteiger partial charge on any atom is -0.480 e. The molecule has 4 rings (SSSR count). The summed E-state index contributed by atoms with van der Waals surface area (Å²) in [5.41, 5.74) is 0.0476. The van der Waals surface area contributed by atoms with Crippen molar-refractivity contribution >= 4 is 11.9 Å². The first-order valence-electron chi connectivity index (χ1n) is 13.0. The number of hydrogen-bond acceptors (Lipinski definition) is 5. The van der Waals surface area contributed by atoms with Crippen molar-refractivity contribution < 1.29 is 30.0 Å². The van der Waals surface area contributed by atoms with E-state index in [1.807, 2.05) is 0 Å². The summed E-state index contributed by atoms with van der Waals surface area (Å²) in [5, 5.41) is 44.0. The molecule has 5 N–H and O–H groups in total. The molecular formula is C26H43NO6. The van der Waals surface area contributed by atoms with Gasteiger partial charge in [0.2, 0.25) is 5.91 Å². The number of fused-ring (bicyclic) bond motifs is 5. The third-order valence-corrected chi connectivity index (χ3v) is 10.7. The van der Waals surface area contributed by atoms with Crippen molar-refractivity contribution in [3.63, 3.8) is 0 Å². The molecule has 0 heterocycles. The van der Waals surface area contributed by atoms with Gasteiger partial charge in [-0.3, -0.25) is 9.59 Å². The maximum absolute atomic E-state index is 12.0. The Morgan fingerprint density at radius 3 is 2.30 bits per heavy atom. The topological polar surface area (TPSA) is 127 Å². The second-order valence-corrected chi connectivity index (χ2v) is 12.2. The van der Waals surface area contributed by atoms with E-state index in [1.165, 1.54) is 0 Å². The van der Waals surface area contributed by atoms with Crippen LogP contribution in [0.25, 0.3) is 0 Å². The molecule has 0 bridgehead atoms. The number of nitrogens with one attached hydrogen (secondary N) is 1. The first-order chi connectivity index (χ1) is 15.5. The van der Waals surface area contributed by atoms with E-state index in [1.54, 1.807) is 0 Å². The van der Waals surface area contributed by atoms with Crippen LogP contribution in [0.15, 0.2) is 0 Å². The lowest BCUT2D eigenvalue weighted by Gasteiger charge is -2.63. The van der Waals surface area contributed by atoms with Crippen LogP contribution in [-0.4, -0.2) is 57.2 Å². The van der Waals surface area contributed by atoms with Crippen LogP contribution in [0, 0.1) is 46.3 Å². The fraction of sp³-hybridized carbons (Fsp3) is 0.923. The Balaban J connectivity index is 1.47. The second-order valence-electron chi connectivity index (χ2n) is 12.2. The molecule has 33 heavy (non-hydrogen) atoms. The van der Waals surface area contributed by atoms with Gasteiger partial charge in [-0.2, -0.15) is 0 Å². The highest BCUT2D eigenvalue weighted by atomic mass is 16.4. The van der Waals surface area contributed by atoms with Crippen LogP contribution >= 0.6 is 0 Å². The first-order valence-corrected chi connectivity index (χ1v) is 13.0. The average Bonchev–Trinajstić information content (AvgIpc) is 3.12. The van der Waals surface area contributed by atoms with Crippen LogP contribution in [0.1, 0.15) is 78.6 Å². The molecule has 4 aliphatic rings. The Kier molecular flexibility index (Phi) is 6.89. The lowest BCUT2D eigenvalue weighted by molar-refractivity contribution is -0.223. The van der Waals surface area contributed by atoms with Gasteiger partial charge in [-0.05, 0) is 97.7 Å². The maximum atomic E-state index is 12.0.